The molecule has 5 heteroatoms. The van der Waals surface area contributed by atoms with Crippen LogP contribution < -0.4 is 5.32 Å². The molecule has 18 heavy (non-hydrogen) atoms. The molecule has 0 radical (unpaired) electrons. The molecule has 0 saturated heterocycles. The molecule has 1 aromatic carbocycles. The molecular formula is C13H14ClFN2S. The molecule has 1 heterocycles. The van der Waals surface area contributed by atoms with Gasteiger partial charge in [0.2, 0.25) is 0 Å². The molecule has 96 valence electrons. The molecule has 2 rings (SSSR count). The summed E-state index contributed by atoms with van der Waals surface area (Å²) < 4.78 is 13.2. The maximum absolute atomic E-state index is 13.2. The second-order valence-corrected chi connectivity index (χ2v) is 5.92. The van der Waals surface area contributed by atoms with Crippen LogP contribution in [0.2, 0.25) is 5.02 Å². The first-order valence-electron chi connectivity index (χ1n) is 5.57. The zero-order chi connectivity index (χ0) is 13.2. The van der Waals surface area contributed by atoms with Gasteiger partial charge in [0.05, 0.1) is 5.54 Å². The van der Waals surface area contributed by atoms with E-state index in [0.29, 0.717) is 11.6 Å². The molecule has 1 N–H and O–H groups in total. The Balaban J connectivity index is 2.07. The number of aromatic nitrogens is 1. The van der Waals surface area contributed by atoms with Crippen LogP contribution in [-0.4, -0.2) is 4.98 Å². The second-order valence-electron chi connectivity index (χ2n) is 4.59. The van der Waals surface area contributed by atoms with Crippen LogP contribution in [0.4, 0.5) is 4.39 Å². The average molecular weight is 285 g/mol. The molecule has 0 aliphatic rings. The Bertz CT molecular complexity index is 506. The van der Waals surface area contributed by atoms with Crippen LogP contribution in [0.15, 0.2) is 29.8 Å². The van der Waals surface area contributed by atoms with Gasteiger partial charge in [-0.25, -0.2) is 9.37 Å². The summed E-state index contributed by atoms with van der Waals surface area (Å²) in [4.78, 5) is 4.29. The fourth-order valence-electron chi connectivity index (χ4n) is 1.64. The van der Waals surface area contributed by atoms with Gasteiger partial charge in [0.25, 0.3) is 0 Å². The number of benzene rings is 1. The number of rotatable bonds is 4. The highest BCUT2D eigenvalue weighted by Gasteiger charge is 2.22. The first kappa shape index (κ1) is 13.5. The molecule has 0 unspecified atom stereocenters. The minimum absolute atomic E-state index is 0.243. The second kappa shape index (κ2) is 5.34. The van der Waals surface area contributed by atoms with Crippen molar-refractivity contribution in [2.75, 3.05) is 0 Å². The van der Waals surface area contributed by atoms with Crippen LogP contribution in [0.1, 0.15) is 24.4 Å². The fraction of sp³-hybridized carbons (Fsp3) is 0.308. The maximum atomic E-state index is 13.2. The third-order valence-electron chi connectivity index (χ3n) is 2.62. The van der Waals surface area contributed by atoms with Crippen molar-refractivity contribution >= 4 is 22.9 Å². The number of hydrogen-bond donors (Lipinski definition) is 1. The summed E-state index contributed by atoms with van der Waals surface area (Å²) in [6, 6.07) is 4.55. The van der Waals surface area contributed by atoms with Gasteiger partial charge in [0.15, 0.2) is 0 Å². The van der Waals surface area contributed by atoms with Crippen molar-refractivity contribution in [3.8, 4) is 0 Å². The van der Waals surface area contributed by atoms with E-state index in [2.05, 4.69) is 10.3 Å². The Morgan fingerprint density at radius 2 is 2.17 bits per heavy atom. The topological polar surface area (TPSA) is 24.9 Å². The SMILES string of the molecule is CC(C)(NCc1cc(F)cc(Cl)c1)c1nccs1. The maximum Gasteiger partial charge on any atom is 0.125 e. The molecule has 0 spiro atoms. The summed E-state index contributed by atoms with van der Waals surface area (Å²) in [6.45, 7) is 4.64. The standard InChI is InChI=1S/C13H14ClFN2S/c1-13(2,12-16-3-4-18-12)17-8-9-5-10(14)7-11(15)6-9/h3-7,17H,8H2,1-2H3. The highest BCUT2D eigenvalue weighted by atomic mass is 35.5. The third kappa shape index (κ3) is 3.28. The predicted octanol–water partition coefficient (Wildman–Crippen LogP) is 3.96. The summed E-state index contributed by atoms with van der Waals surface area (Å²) in [5, 5.41) is 6.72. The van der Waals surface area contributed by atoms with Gasteiger partial charge in [-0.15, -0.1) is 11.3 Å². The van der Waals surface area contributed by atoms with Gasteiger partial charge in [-0.2, -0.15) is 0 Å². The van der Waals surface area contributed by atoms with Crippen molar-refractivity contribution in [2.45, 2.75) is 25.9 Å². The van der Waals surface area contributed by atoms with Crippen molar-refractivity contribution < 1.29 is 4.39 Å². The predicted molar refractivity (Wildman–Crippen MR) is 73.4 cm³/mol. The van der Waals surface area contributed by atoms with Crippen LogP contribution >= 0.6 is 22.9 Å². The van der Waals surface area contributed by atoms with Crippen LogP contribution in [0, 0.1) is 5.82 Å². The van der Waals surface area contributed by atoms with E-state index >= 15 is 0 Å². The van der Waals surface area contributed by atoms with Crippen LogP contribution in [0.5, 0.6) is 0 Å². The molecule has 0 bridgehead atoms. The van der Waals surface area contributed by atoms with E-state index in [1.165, 1.54) is 12.1 Å². The first-order chi connectivity index (χ1) is 8.47. The van der Waals surface area contributed by atoms with E-state index in [-0.39, 0.29) is 11.4 Å². The van der Waals surface area contributed by atoms with E-state index in [1.807, 2.05) is 19.2 Å². The lowest BCUT2D eigenvalue weighted by molar-refractivity contribution is 0.399. The van der Waals surface area contributed by atoms with Gasteiger partial charge in [-0.3, -0.25) is 0 Å². The Kier molecular flexibility index (Phi) is 4.00. The van der Waals surface area contributed by atoms with E-state index in [1.54, 1.807) is 23.6 Å². The third-order valence-corrected chi connectivity index (χ3v) is 3.94. The number of hydrogen-bond acceptors (Lipinski definition) is 3. The minimum atomic E-state index is -0.314. The van der Waals surface area contributed by atoms with Crippen molar-refractivity contribution in [2.24, 2.45) is 0 Å². The van der Waals surface area contributed by atoms with E-state index in [0.717, 1.165) is 10.6 Å². The highest BCUT2D eigenvalue weighted by molar-refractivity contribution is 7.09. The molecule has 0 aliphatic carbocycles. The van der Waals surface area contributed by atoms with Gasteiger partial charge in [0, 0.05) is 23.1 Å². The van der Waals surface area contributed by atoms with Crippen LogP contribution in [0.3, 0.4) is 0 Å². The number of halogens is 2. The molecule has 0 aliphatic heterocycles. The monoisotopic (exact) mass is 284 g/mol. The Morgan fingerprint density at radius 3 is 2.78 bits per heavy atom. The van der Waals surface area contributed by atoms with Gasteiger partial charge in [0.1, 0.15) is 10.8 Å². The number of thiazole rings is 1. The molecule has 0 amide bonds. The smallest absolute Gasteiger partial charge is 0.125 e. The molecule has 0 fully saturated rings. The lowest BCUT2D eigenvalue weighted by Crippen LogP contribution is -2.35. The van der Waals surface area contributed by atoms with Crippen molar-refractivity contribution in [3.63, 3.8) is 0 Å². The summed E-state index contributed by atoms with van der Waals surface area (Å²) in [5.74, 6) is -0.314. The molecule has 0 saturated carbocycles. The Labute approximate surface area is 115 Å². The van der Waals surface area contributed by atoms with Gasteiger partial charge in [-0.1, -0.05) is 11.6 Å². The highest BCUT2D eigenvalue weighted by Crippen LogP contribution is 2.23. The summed E-state index contributed by atoms with van der Waals surface area (Å²) >= 11 is 7.42. The van der Waals surface area contributed by atoms with Crippen molar-refractivity contribution in [1.29, 1.82) is 0 Å². The van der Waals surface area contributed by atoms with Gasteiger partial charge >= 0.3 is 0 Å². The minimum Gasteiger partial charge on any atom is -0.302 e. The van der Waals surface area contributed by atoms with Gasteiger partial charge < -0.3 is 5.32 Å². The van der Waals surface area contributed by atoms with Gasteiger partial charge in [-0.05, 0) is 37.6 Å². The Hall–Kier alpha value is -0.970. The molecule has 1 aromatic heterocycles. The Morgan fingerprint density at radius 1 is 1.39 bits per heavy atom. The largest absolute Gasteiger partial charge is 0.302 e. The van der Waals surface area contributed by atoms with E-state index in [9.17, 15) is 4.39 Å². The lowest BCUT2D eigenvalue weighted by Gasteiger charge is -2.24. The average Bonchev–Trinajstić information content (AvgIpc) is 2.79. The van der Waals surface area contributed by atoms with Crippen molar-refractivity contribution in [3.05, 3.63) is 51.2 Å². The normalized spacial score (nSPS) is 11.8. The van der Waals surface area contributed by atoms with E-state index in [4.69, 9.17) is 11.6 Å². The molecule has 2 nitrogen and oxygen atoms in total. The number of nitrogens with zero attached hydrogens (tertiary/aromatic N) is 1. The number of nitrogens with one attached hydrogen (secondary N) is 1. The lowest BCUT2D eigenvalue weighted by atomic mass is 10.1. The quantitative estimate of drug-likeness (QED) is 0.919. The molecular weight excluding hydrogens is 271 g/mol. The summed E-state index contributed by atoms with van der Waals surface area (Å²) in [7, 11) is 0. The molecule has 0 atom stereocenters. The van der Waals surface area contributed by atoms with Crippen LogP contribution in [-0.2, 0) is 12.1 Å². The summed E-state index contributed by atoms with van der Waals surface area (Å²) in [5.41, 5.74) is 0.581. The fourth-order valence-corrected chi connectivity index (χ4v) is 2.63. The van der Waals surface area contributed by atoms with E-state index < -0.39 is 0 Å². The van der Waals surface area contributed by atoms with Crippen molar-refractivity contribution in [1.82, 2.24) is 10.3 Å². The van der Waals surface area contributed by atoms with Crippen LogP contribution in [0.25, 0.3) is 0 Å². The first-order valence-corrected chi connectivity index (χ1v) is 6.83. The zero-order valence-electron chi connectivity index (χ0n) is 10.2. The summed E-state index contributed by atoms with van der Waals surface area (Å²) in [6.07, 6.45) is 1.78. The zero-order valence-corrected chi connectivity index (χ0v) is 11.8. The molecule has 2 aromatic rings.